The number of nitrogens with zero attached hydrogens (tertiary/aromatic N) is 1. The molecule has 1 aliphatic rings. The second kappa shape index (κ2) is 8.63. The molecule has 4 heteroatoms. The maximum absolute atomic E-state index is 11.7. The third kappa shape index (κ3) is 3.81. The maximum Gasteiger partial charge on any atom is 0.109 e. The quantitative estimate of drug-likeness (QED) is 0.893. The van der Waals surface area contributed by atoms with Gasteiger partial charge >= 0.3 is 0 Å². The van der Waals surface area contributed by atoms with Crippen LogP contribution in [0.3, 0.4) is 0 Å². The van der Waals surface area contributed by atoms with E-state index in [4.69, 9.17) is 4.74 Å². The molecule has 1 fully saturated rings. The largest absolute Gasteiger partial charge is 0.383 e. The number of benzene rings is 2. The van der Waals surface area contributed by atoms with E-state index < -0.39 is 5.60 Å². The van der Waals surface area contributed by atoms with Gasteiger partial charge in [0.2, 0.25) is 0 Å². The van der Waals surface area contributed by atoms with Crippen molar-refractivity contribution >= 4 is 12.4 Å². The first-order valence-corrected chi connectivity index (χ1v) is 8.40. The molecule has 2 atom stereocenters. The van der Waals surface area contributed by atoms with Crippen LogP contribution in [0.2, 0.25) is 0 Å². The summed E-state index contributed by atoms with van der Waals surface area (Å²) in [5.74, 6) is 0. The van der Waals surface area contributed by atoms with Crippen molar-refractivity contribution in [1.29, 1.82) is 0 Å². The van der Waals surface area contributed by atoms with Gasteiger partial charge in [0.1, 0.15) is 5.60 Å². The van der Waals surface area contributed by atoms with Crippen molar-refractivity contribution in [2.24, 2.45) is 0 Å². The molecule has 2 aromatic carbocycles. The van der Waals surface area contributed by atoms with Crippen LogP contribution in [-0.4, -0.2) is 36.3 Å². The Morgan fingerprint density at radius 1 is 1.00 bits per heavy atom. The van der Waals surface area contributed by atoms with Gasteiger partial charge in [-0.1, -0.05) is 67.6 Å². The minimum Gasteiger partial charge on any atom is -0.383 e. The summed E-state index contributed by atoms with van der Waals surface area (Å²) in [6.07, 6.45) is 0.661. The Bertz CT molecular complexity index is 602. The lowest BCUT2D eigenvalue weighted by atomic mass is 9.79. The average molecular weight is 348 g/mol. The van der Waals surface area contributed by atoms with Crippen LogP contribution in [0.25, 0.3) is 0 Å². The zero-order chi connectivity index (χ0) is 16.1. The van der Waals surface area contributed by atoms with Crippen LogP contribution in [0.15, 0.2) is 60.7 Å². The predicted octanol–water partition coefficient (Wildman–Crippen LogP) is 3.78. The van der Waals surface area contributed by atoms with Gasteiger partial charge in [0.05, 0.1) is 19.3 Å². The number of hydrogen-bond donors (Lipinski definition) is 1. The number of hydrogen-bond acceptors (Lipinski definition) is 3. The molecule has 0 bridgehead atoms. The first kappa shape index (κ1) is 18.9. The fourth-order valence-corrected chi connectivity index (χ4v) is 3.54. The van der Waals surface area contributed by atoms with Gasteiger partial charge in [-0.25, -0.2) is 0 Å². The molecule has 0 spiro atoms. The Balaban J connectivity index is 0.00000208. The molecule has 1 heterocycles. The summed E-state index contributed by atoms with van der Waals surface area (Å²) in [5, 5.41) is 11.7. The first-order valence-electron chi connectivity index (χ1n) is 8.40. The molecule has 3 rings (SSSR count). The molecule has 0 aliphatic carbocycles. The predicted molar refractivity (Wildman–Crippen MR) is 99.5 cm³/mol. The van der Waals surface area contributed by atoms with Gasteiger partial charge in [0, 0.05) is 13.1 Å². The van der Waals surface area contributed by atoms with E-state index in [1.165, 1.54) is 0 Å². The minimum atomic E-state index is -0.917. The molecule has 1 saturated heterocycles. The average Bonchev–Trinajstić information content (AvgIpc) is 2.64. The molecule has 2 aromatic rings. The van der Waals surface area contributed by atoms with E-state index in [0.717, 1.165) is 37.4 Å². The Labute approximate surface area is 150 Å². The molecule has 130 valence electrons. The number of ether oxygens (including phenoxy) is 1. The Hall–Kier alpha value is -1.39. The van der Waals surface area contributed by atoms with Crippen molar-refractivity contribution in [3.8, 4) is 0 Å². The number of aliphatic hydroxyl groups is 1. The highest BCUT2D eigenvalue weighted by atomic mass is 35.5. The van der Waals surface area contributed by atoms with Gasteiger partial charge in [-0.05, 0) is 17.5 Å². The van der Waals surface area contributed by atoms with Crippen molar-refractivity contribution in [3.05, 3.63) is 71.8 Å². The third-order valence-electron chi connectivity index (χ3n) is 4.79. The van der Waals surface area contributed by atoms with Gasteiger partial charge in [0.25, 0.3) is 0 Å². The van der Waals surface area contributed by atoms with E-state index in [-0.39, 0.29) is 18.4 Å². The lowest BCUT2D eigenvalue weighted by Gasteiger charge is -2.44. The SMILES string of the molecule is CCC(O)(c1ccccc1)C(c1ccccc1)N1CCOCC1.Cl. The van der Waals surface area contributed by atoms with Crippen molar-refractivity contribution in [2.75, 3.05) is 26.3 Å². The normalized spacial score (nSPS) is 19.1. The Morgan fingerprint density at radius 2 is 1.54 bits per heavy atom. The molecule has 0 saturated carbocycles. The molecule has 0 aromatic heterocycles. The highest BCUT2D eigenvalue weighted by molar-refractivity contribution is 5.85. The lowest BCUT2D eigenvalue weighted by Crippen LogP contribution is -2.48. The van der Waals surface area contributed by atoms with Gasteiger partial charge in [-0.2, -0.15) is 0 Å². The van der Waals surface area contributed by atoms with Crippen LogP contribution in [0.4, 0.5) is 0 Å². The standard InChI is InChI=1S/C20H25NO2.ClH/c1-2-20(22,18-11-7-4-8-12-18)19(17-9-5-3-6-10-17)21-13-15-23-16-14-21;/h3-12,19,22H,2,13-16H2,1H3;1H. The summed E-state index contributed by atoms with van der Waals surface area (Å²) >= 11 is 0. The third-order valence-corrected chi connectivity index (χ3v) is 4.79. The fraction of sp³-hybridized carbons (Fsp3) is 0.400. The summed E-state index contributed by atoms with van der Waals surface area (Å²) < 4.78 is 5.51. The minimum absolute atomic E-state index is 0. The zero-order valence-electron chi connectivity index (χ0n) is 14.1. The second-order valence-electron chi connectivity index (χ2n) is 6.11. The van der Waals surface area contributed by atoms with Crippen LogP contribution in [0.5, 0.6) is 0 Å². The second-order valence-corrected chi connectivity index (χ2v) is 6.11. The van der Waals surface area contributed by atoms with Crippen LogP contribution in [0, 0.1) is 0 Å². The molecule has 24 heavy (non-hydrogen) atoms. The van der Waals surface area contributed by atoms with E-state index >= 15 is 0 Å². The molecule has 0 radical (unpaired) electrons. The van der Waals surface area contributed by atoms with Crippen molar-refractivity contribution in [1.82, 2.24) is 4.90 Å². The van der Waals surface area contributed by atoms with E-state index in [1.54, 1.807) is 0 Å². The van der Waals surface area contributed by atoms with Gasteiger partial charge < -0.3 is 9.84 Å². The van der Waals surface area contributed by atoms with Crippen molar-refractivity contribution in [2.45, 2.75) is 25.0 Å². The maximum atomic E-state index is 11.7. The number of rotatable bonds is 5. The molecule has 2 unspecified atom stereocenters. The highest BCUT2D eigenvalue weighted by Gasteiger charge is 2.41. The van der Waals surface area contributed by atoms with Gasteiger partial charge in [-0.3, -0.25) is 4.90 Å². The molecular formula is C20H26ClNO2. The smallest absolute Gasteiger partial charge is 0.109 e. The first-order chi connectivity index (χ1) is 11.3. The summed E-state index contributed by atoms with van der Waals surface area (Å²) in [6, 6.07) is 20.3. The summed E-state index contributed by atoms with van der Waals surface area (Å²) in [4.78, 5) is 2.36. The van der Waals surface area contributed by atoms with E-state index in [1.807, 2.05) is 48.5 Å². The molecule has 0 amide bonds. The van der Waals surface area contributed by atoms with Gasteiger partial charge in [0.15, 0.2) is 0 Å². The molecule has 3 nitrogen and oxygen atoms in total. The molecule has 1 N–H and O–H groups in total. The van der Waals surface area contributed by atoms with Crippen LogP contribution in [0.1, 0.15) is 30.5 Å². The topological polar surface area (TPSA) is 32.7 Å². The fourth-order valence-electron chi connectivity index (χ4n) is 3.54. The van der Waals surface area contributed by atoms with Crippen molar-refractivity contribution < 1.29 is 9.84 Å². The number of halogens is 1. The summed E-state index contributed by atoms with van der Waals surface area (Å²) in [6.45, 7) is 5.18. The lowest BCUT2D eigenvalue weighted by molar-refractivity contribution is -0.0864. The molecular weight excluding hydrogens is 322 g/mol. The summed E-state index contributed by atoms with van der Waals surface area (Å²) in [7, 11) is 0. The van der Waals surface area contributed by atoms with Crippen LogP contribution in [-0.2, 0) is 10.3 Å². The van der Waals surface area contributed by atoms with E-state index in [0.29, 0.717) is 6.42 Å². The monoisotopic (exact) mass is 347 g/mol. The Morgan fingerprint density at radius 3 is 2.08 bits per heavy atom. The summed E-state index contributed by atoms with van der Waals surface area (Å²) in [5.41, 5.74) is 1.21. The Kier molecular flexibility index (Phi) is 6.81. The zero-order valence-corrected chi connectivity index (χ0v) is 14.9. The number of morpholine rings is 1. The van der Waals surface area contributed by atoms with E-state index in [9.17, 15) is 5.11 Å². The van der Waals surface area contributed by atoms with Crippen molar-refractivity contribution in [3.63, 3.8) is 0 Å². The molecule has 1 aliphatic heterocycles. The van der Waals surface area contributed by atoms with Gasteiger partial charge in [-0.15, -0.1) is 12.4 Å². The van der Waals surface area contributed by atoms with Crippen LogP contribution >= 0.6 is 12.4 Å². The van der Waals surface area contributed by atoms with E-state index in [2.05, 4.69) is 24.0 Å². The highest BCUT2D eigenvalue weighted by Crippen LogP contribution is 2.42. The van der Waals surface area contributed by atoms with Crippen LogP contribution < -0.4 is 0 Å².